The van der Waals surface area contributed by atoms with E-state index in [1.807, 2.05) is 30.3 Å². The predicted molar refractivity (Wildman–Crippen MR) is 68.1 cm³/mol. The van der Waals surface area contributed by atoms with Crippen LogP contribution in [0.15, 0.2) is 30.3 Å². The maximum atomic E-state index is 12.6. The van der Waals surface area contributed by atoms with Crippen LogP contribution in [0, 0.1) is 0 Å². The van der Waals surface area contributed by atoms with Gasteiger partial charge in [0.2, 0.25) is 5.91 Å². The molecule has 1 heterocycles. The fourth-order valence-electron chi connectivity index (χ4n) is 3.24. The van der Waals surface area contributed by atoms with Gasteiger partial charge in [0.15, 0.2) is 5.78 Å². The van der Waals surface area contributed by atoms with E-state index in [-0.39, 0.29) is 11.7 Å². The first-order chi connectivity index (χ1) is 8.73. The highest BCUT2D eigenvalue weighted by molar-refractivity contribution is 6.17. The lowest BCUT2D eigenvalue weighted by atomic mass is 9.77. The van der Waals surface area contributed by atoms with Gasteiger partial charge in [-0.25, -0.2) is 0 Å². The number of carbonyl (C=O) groups is 2. The zero-order chi connectivity index (χ0) is 12.6. The predicted octanol–water partition coefficient (Wildman–Crippen LogP) is 2.17. The van der Waals surface area contributed by atoms with Crippen molar-refractivity contribution in [1.82, 2.24) is 5.32 Å². The Balaban J connectivity index is 1.94. The summed E-state index contributed by atoms with van der Waals surface area (Å²) in [6.45, 7) is 0. The lowest BCUT2D eigenvalue weighted by Crippen LogP contribution is -2.47. The van der Waals surface area contributed by atoms with E-state index < -0.39 is 11.5 Å². The monoisotopic (exact) mass is 243 g/mol. The van der Waals surface area contributed by atoms with Gasteiger partial charge in [-0.1, -0.05) is 49.6 Å². The number of nitrogens with one attached hydrogen (secondary N) is 1. The summed E-state index contributed by atoms with van der Waals surface area (Å²) in [5.41, 5.74) is 0.262. The number of carbonyl (C=O) groups excluding carboxylic acids is 2. The maximum absolute atomic E-state index is 12.6. The molecule has 1 unspecified atom stereocenters. The van der Waals surface area contributed by atoms with Crippen molar-refractivity contribution in [2.45, 2.75) is 43.6 Å². The Morgan fingerprint density at radius 2 is 1.67 bits per heavy atom. The van der Waals surface area contributed by atoms with Crippen LogP contribution in [0.4, 0.5) is 0 Å². The van der Waals surface area contributed by atoms with Crippen LogP contribution in [-0.2, 0) is 9.59 Å². The van der Waals surface area contributed by atoms with Crippen LogP contribution < -0.4 is 5.32 Å². The maximum Gasteiger partial charge on any atom is 0.235 e. The second-order valence-corrected chi connectivity index (χ2v) is 5.34. The number of rotatable bonds is 1. The van der Waals surface area contributed by atoms with E-state index in [0.717, 1.165) is 31.2 Å². The van der Waals surface area contributed by atoms with E-state index in [2.05, 4.69) is 5.32 Å². The number of hydrogen-bond donors (Lipinski definition) is 1. The number of benzene rings is 1. The first kappa shape index (κ1) is 11.5. The van der Waals surface area contributed by atoms with Crippen molar-refractivity contribution in [3.63, 3.8) is 0 Å². The molecule has 1 aromatic rings. The quantitative estimate of drug-likeness (QED) is 0.768. The van der Waals surface area contributed by atoms with Crippen molar-refractivity contribution in [1.29, 1.82) is 0 Å². The van der Waals surface area contributed by atoms with Crippen molar-refractivity contribution in [3.05, 3.63) is 35.9 Å². The zero-order valence-electron chi connectivity index (χ0n) is 10.3. The third-order valence-corrected chi connectivity index (χ3v) is 4.20. The fourth-order valence-corrected chi connectivity index (χ4v) is 3.24. The molecule has 1 aromatic carbocycles. The van der Waals surface area contributed by atoms with Gasteiger partial charge < -0.3 is 5.32 Å². The molecule has 1 saturated carbocycles. The smallest absolute Gasteiger partial charge is 0.235 e. The fraction of sp³-hybridized carbons (Fsp3) is 0.467. The lowest BCUT2D eigenvalue weighted by Gasteiger charge is -2.31. The molecule has 3 heteroatoms. The van der Waals surface area contributed by atoms with Gasteiger partial charge in [0.05, 0.1) is 5.54 Å². The summed E-state index contributed by atoms with van der Waals surface area (Å²) < 4.78 is 0. The van der Waals surface area contributed by atoms with Crippen molar-refractivity contribution >= 4 is 11.7 Å². The van der Waals surface area contributed by atoms with Crippen LogP contribution in [-0.4, -0.2) is 17.2 Å². The standard InChI is InChI=1S/C15H17NO2/c17-13-12(11-7-3-1-4-8-11)14(18)16-15(13)9-5-2-6-10-15/h1,3-4,7-8,12H,2,5-6,9-10H2,(H,16,18). The van der Waals surface area contributed by atoms with Gasteiger partial charge in [-0.2, -0.15) is 0 Å². The Kier molecular flexibility index (Phi) is 2.69. The van der Waals surface area contributed by atoms with Crippen LogP contribution in [0.3, 0.4) is 0 Å². The van der Waals surface area contributed by atoms with Gasteiger partial charge in [-0.3, -0.25) is 9.59 Å². The summed E-state index contributed by atoms with van der Waals surface area (Å²) in [5.74, 6) is -0.629. The Bertz CT molecular complexity index is 475. The van der Waals surface area contributed by atoms with Crippen LogP contribution in [0.25, 0.3) is 0 Å². The number of amides is 1. The minimum atomic E-state index is -0.593. The van der Waals surface area contributed by atoms with Crippen molar-refractivity contribution in [3.8, 4) is 0 Å². The van der Waals surface area contributed by atoms with Crippen LogP contribution in [0.5, 0.6) is 0 Å². The highest BCUT2D eigenvalue weighted by Gasteiger charge is 2.52. The van der Waals surface area contributed by atoms with Crippen LogP contribution in [0.1, 0.15) is 43.6 Å². The number of hydrogen-bond acceptors (Lipinski definition) is 2. The minimum Gasteiger partial charge on any atom is -0.343 e. The van der Waals surface area contributed by atoms with E-state index >= 15 is 0 Å². The van der Waals surface area contributed by atoms with Gasteiger partial charge in [-0.15, -0.1) is 0 Å². The van der Waals surface area contributed by atoms with Gasteiger partial charge in [0.1, 0.15) is 5.92 Å². The van der Waals surface area contributed by atoms with Gasteiger partial charge in [0, 0.05) is 0 Å². The molecular weight excluding hydrogens is 226 g/mol. The molecule has 3 rings (SSSR count). The Morgan fingerprint density at radius 3 is 2.33 bits per heavy atom. The normalized spacial score (nSPS) is 26.3. The molecular formula is C15H17NO2. The summed E-state index contributed by atoms with van der Waals surface area (Å²) in [6, 6.07) is 9.38. The molecule has 1 amide bonds. The summed E-state index contributed by atoms with van der Waals surface area (Å²) in [7, 11) is 0. The van der Waals surface area contributed by atoms with Crippen molar-refractivity contribution in [2.24, 2.45) is 0 Å². The van der Waals surface area contributed by atoms with Crippen LogP contribution in [0.2, 0.25) is 0 Å². The summed E-state index contributed by atoms with van der Waals surface area (Å²) in [6.07, 6.45) is 4.85. The third kappa shape index (κ3) is 1.65. The summed E-state index contributed by atoms with van der Waals surface area (Å²) in [5, 5.41) is 2.98. The van der Waals surface area contributed by atoms with E-state index in [9.17, 15) is 9.59 Å². The summed E-state index contributed by atoms with van der Waals surface area (Å²) >= 11 is 0. The molecule has 1 aliphatic carbocycles. The zero-order valence-corrected chi connectivity index (χ0v) is 10.3. The molecule has 18 heavy (non-hydrogen) atoms. The first-order valence-corrected chi connectivity index (χ1v) is 6.64. The van der Waals surface area contributed by atoms with Crippen molar-refractivity contribution < 1.29 is 9.59 Å². The molecule has 0 aromatic heterocycles. The number of ketones is 1. The van der Waals surface area contributed by atoms with Gasteiger partial charge in [0.25, 0.3) is 0 Å². The van der Waals surface area contributed by atoms with E-state index in [0.29, 0.717) is 0 Å². The average molecular weight is 243 g/mol. The molecule has 3 nitrogen and oxygen atoms in total. The lowest BCUT2D eigenvalue weighted by molar-refractivity contribution is -0.125. The van der Waals surface area contributed by atoms with Gasteiger partial charge >= 0.3 is 0 Å². The molecule has 1 atom stereocenters. The van der Waals surface area contributed by atoms with E-state index in [1.165, 1.54) is 6.42 Å². The molecule has 2 aliphatic rings. The Hall–Kier alpha value is -1.64. The molecule has 2 fully saturated rings. The second-order valence-electron chi connectivity index (χ2n) is 5.34. The third-order valence-electron chi connectivity index (χ3n) is 4.20. The van der Waals surface area contributed by atoms with E-state index in [4.69, 9.17) is 0 Å². The Morgan fingerprint density at radius 1 is 1.00 bits per heavy atom. The molecule has 94 valence electrons. The molecule has 1 saturated heterocycles. The molecule has 0 radical (unpaired) electrons. The topological polar surface area (TPSA) is 46.2 Å². The first-order valence-electron chi connectivity index (χ1n) is 6.64. The SMILES string of the molecule is O=C1NC2(CCCCC2)C(=O)C1c1ccccc1. The minimum absolute atomic E-state index is 0.0819. The molecule has 1 aliphatic heterocycles. The van der Waals surface area contributed by atoms with E-state index in [1.54, 1.807) is 0 Å². The van der Waals surface area contributed by atoms with Crippen molar-refractivity contribution in [2.75, 3.05) is 0 Å². The second kappa shape index (κ2) is 4.23. The largest absolute Gasteiger partial charge is 0.343 e. The average Bonchev–Trinajstić information content (AvgIpc) is 2.63. The van der Waals surface area contributed by atoms with Crippen LogP contribution >= 0.6 is 0 Å². The molecule has 1 N–H and O–H groups in total. The highest BCUT2D eigenvalue weighted by Crippen LogP contribution is 2.38. The highest BCUT2D eigenvalue weighted by atomic mass is 16.2. The molecule has 0 bridgehead atoms. The Labute approximate surface area is 107 Å². The van der Waals surface area contributed by atoms with Gasteiger partial charge in [-0.05, 0) is 18.4 Å². The number of Topliss-reactive ketones (excluding diaryl/α,β-unsaturated/α-hetero) is 1. The molecule has 1 spiro atoms. The summed E-state index contributed by atoms with van der Waals surface area (Å²) in [4.78, 5) is 24.7.